The van der Waals surface area contributed by atoms with Crippen molar-refractivity contribution in [3.05, 3.63) is 41.5 Å². The molecule has 98 valence electrons. The Hall–Kier alpha value is -2.08. The minimum atomic E-state index is -0.785. The predicted octanol–water partition coefficient (Wildman–Crippen LogP) is 3.26. The van der Waals surface area contributed by atoms with E-state index in [1.165, 1.54) is 0 Å². The quantitative estimate of drug-likeness (QED) is 0.843. The van der Waals surface area contributed by atoms with E-state index < -0.39 is 5.97 Å². The maximum atomic E-state index is 11.1. The predicted molar refractivity (Wildman–Crippen MR) is 73.2 cm³/mol. The second-order valence-corrected chi connectivity index (χ2v) is 5.72. The summed E-state index contributed by atoms with van der Waals surface area (Å²) in [6.07, 6.45) is 1.81. The fourth-order valence-electron chi connectivity index (χ4n) is 2.57. The van der Waals surface area contributed by atoms with Gasteiger partial charge in [-0.05, 0) is 23.8 Å². The number of carbonyl (C=O) groups is 1. The van der Waals surface area contributed by atoms with Crippen molar-refractivity contribution in [2.75, 3.05) is 0 Å². The Kier molecular flexibility index (Phi) is 3.20. The summed E-state index contributed by atoms with van der Waals surface area (Å²) in [6, 6.07) is 9.87. The number of nitrogens with zero attached hydrogens (tertiary/aromatic N) is 1. The van der Waals surface area contributed by atoms with Crippen LogP contribution in [0.2, 0.25) is 0 Å². The van der Waals surface area contributed by atoms with Crippen molar-refractivity contribution < 1.29 is 9.90 Å². The van der Waals surface area contributed by atoms with Crippen molar-refractivity contribution in [2.45, 2.75) is 20.8 Å². The summed E-state index contributed by atoms with van der Waals surface area (Å²) in [4.78, 5) is 11.1. The lowest BCUT2D eigenvalue weighted by Crippen LogP contribution is -2.03. The Balaban J connectivity index is 2.29. The highest BCUT2D eigenvalue weighted by Gasteiger charge is 2.61. The molecule has 1 saturated carbocycles. The van der Waals surface area contributed by atoms with Crippen LogP contribution in [0.15, 0.2) is 30.3 Å². The van der Waals surface area contributed by atoms with Crippen molar-refractivity contribution in [1.82, 2.24) is 0 Å². The summed E-state index contributed by atoms with van der Waals surface area (Å²) in [5.74, 6) is -1.24. The zero-order valence-electron chi connectivity index (χ0n) is 11.3. The van der Waals surface area contributed by atoms with Gasteiger partial charge in [-0.2, -0.15) is 5.26 Å². The average Bonchev–Trinajstić information content (AvgIpc) is 2.89. The van der Waals surface area contributed by atoms with Crippen LogP contribution < -0.4 is 0 Å². The molecule has 1 aliphatic carbocycles. The smallest absolute Gasteiger partial charge is 0.307 e. The van der Waals surface area contributed by atoms with E-state index in [1.54, 1.807) is 0 Å². The molecule has 19 heavy (non-hydrogen) atoms. The third-order valence-electron chi connectivity index (χ3n) is 4.01. The van der Waals surface area contributed by atoms with Crippen LogP contribution in [0.1, 0.15) is 25.0 Å². The molecule has 0 aliphatic heterocycles. The number of carboxylic acid groups (broad SMARTS) is 1. The fraction of sp³-hybridized carbons (Fsp3) is 0.375. The molecule has 0 radical (unpaired) electrons. The molecular formula is C16H17NO2. The first-order chi connectivity index (χ1) is 8.87. The normalized spacial score (nSPS) is 24.6. The van der Waals surface area contributed by atoms with Gasteiger partial charge in [-0.25, -0.2) is 0 Å². The van der Waals surface area contributed by atoms with Crippen molar-refractivity contribution in [2.24, 2.45) is 17.3 Å². The molecule has 3 nitrogen and oxygen atoms in total. The first-order valence-electron chi connectivity index (χ1n) is 6.29. The molecule has 1 N–H and O–H groups in total. The monoisotopic (exact) mass is 255 g/mol. The summed E-state index contributed by atoms with van der Waals surface area (Å²) in [7, 11) is 0. The Morgan fingerprint density at radius 3 is 2.37 bits per heavy atom. The van der Waals surface area contributed by atoms with Crippen LogP contribution in [0.25, 0.3) is 5.57 Å². The number of nitriles is 1. The summed E-state index contributed by atoms with van der Waals surface area (Å²) < 4.78 is 0. The Bertz CT molecular complexity index is 576. The van der Waals surface area contributed by atoms with Gasteiger partial charge in [-0.3, -0.25) is 4.79 Å². The van der Waals surface area contributed by atoms with Crippen molar-refractivity contribution >= 4 is 11.5 Å². The minimum absolute atomic E-state index is 0.0686. The van der Waals surface area contributed by atoms with Crippen LogP contribution >= 0.6 is 0 Å². The lowest BCUT2D eigenvalue weighted by atomic mass is 10.0. The molecular weight excluding hydrogens is 238 g/mol. The zero-order valence-corrected chi connectivity index (χ0v) is 11.3. The molecule has 0 bridgehead atoms. The number of aliphatic carboxylic acids is 1. The molecule has 2 rings (SSSR count). The van der Waals surface area contributed by atoms with E-state index in [9.17, 15) is 10.1 Å². The van der Waals surface area contributed by atoms with Gasteiger partial charge in [0.05, 0.1) is 17.6 Å². The molecule has 2 atom stereocenters. The van der Waals surface area contributed by atoms with E-state index in [2.05, 4.69) is 6.07 Å². The standard InChI is InChI=1S/C16H17NO2/c1-10-4-6-11(7-5-10)12(9-17)8-13-14(15(18)19)16(13,2)3/h4-8,13-14H,1-3H3,(H,18,19)/t13-,14+/m0/s1. The summed E-state index contributed by atoms with van der Waals surface area (Å²) in [5.41, 5.74) is 2.27. The highest BCUT2D eigenvalue weighted by atomic mass is 16.4. The minimum Gasteiger partial charge on any atom is -0.481 e. The van der Waals surface area contributed by atoms with Gasteiger partial charge in [0.1, 0.15) is 0 Å². The molecule has 1 aromatic carbocycles. The van der Waals surface area contributed by atoms with Gasteiger partial charge in [0.15, 0.2) is 0 Å². The number of aryl methyl sites for hydroxylation is 1. The van der Waals surface area contributed by atoms with Gasteiger partial charge in [-0.1, -0.05) is 49.8 Å². The van der Waals surface area contributed by atoms with E-state index >= 15 is 0 Å². The lowest BCUT2D eigenvalue weighted by molar-refractivity contribution is -0.139. The molecule has 0 aromatic heterocycles. The third-order valence-corrected chi connectivity index (χ3v) is 4.01. The van der Waals surface area contributed by atoms with Crippen LogP contribution in [-0.2, 0) is 4.79 Å². The fourth-order valence-corrected chi connectivity index (χ4v) is 2.57. The SMILES string of the molecule is Cc1ccc(C(C#N)=C[C@H]2[C@H](C(=O)O)C2(C)C)cc1. The number of benzene rings is 1. The summed E-state index contributed by atoms with van der Waals surface area (Å²) >= 11 is 0. The molecule has 0 amide bonds. The van der Waals surface area contributed by atoms with Gasteiger partial charge in [0.25, 0.3) is 0 Å². The lowest BCUT2D eigenvalue weighted by Gasteiger charge is -2.01. The maximum Gasteiger partial charge on any atom is 0.307 e. The van der Waals surface area contributed by atoms with Crippen molar-refractivity contribution in [3.63, 3.8) is 0 Å². The number of carboxylic acids is 1. The van der Waals surface area contributed by atoms with Crippen molar-refractivity contribution in [1.29, 1.82) is 5.26 Å². The van der Waals surface area contributed by atoms with Crippen LogP contribution in [0.5, 0.6) is 0 Å². The van der Waals surface area contributed by atoms with Crippen molar-refractivity contribution in [3.8, 4) is 6.07 Å². The number of rotatable bonds is 3. The van der Waals surface area contributed by atoms with E-state index in [0.29, 0.717) is 5.57 Å². The van der Waals surface area contributed by atoms with Crippen LogP contribution in [-0.4, -0.2) is 11.1 Å². The Morgan fingerprint density at radius 1 is 1.37 bits per heavy atom. The second kappa shape index (κ2) is 4.55. The highest BCUT2D eigenvalue weighted by Crippen LogP contribution is 2.59. The summed E-state index contributed by atoms with van der Waals surface area (Å²) in [6.45, 7) is 5.85. The maximum absolute atomic E-state index is 11.1. The highest BCUT2D eigenvalue weighted by molar-refractivity contribution is 5.81. The summed E-state index contributed by atoms with van der Waals surface area (Å²) in [5, 5.41) is 18.4. The first-order valence-corrected chi connectivity index (χ1v) is 6.29. The molecule has 0 spiro atoms. The van der Waals surface area contributed by atoms with E-state index in [0.717, 1.165) is 11.1 Å². The third kappa shape index (κ3) is 2.39. The number of hydrogen-bond donors (Lipinski definition) is 1. The van der Waals surface area contributed by atoms with Gasteiger partial charge in [0, 0.05) is 0 Å². The van der Waals surface area contributed by atoms with Gasteiger partial charge in [0.2, 0.25) is 0 Å². The molecule has 1 aromatic rings. The van der Waals surface area contributed by atoms with E-state index in [-0.39, 0.29) is 17.3 Å². The molecule has 1 aliphatic rings. The van der Waals surface area contributed by atoms with Gasteiger partial charge < -0.3 is 5.11 Å². The van der Waals surface area contributed by atoms with E-state index in [1.807, 2.05) is 51.1 Å². The topological polar surface area (TPSA) is 61.1 Å². The molecule has 3 heteroatoms. The van der Waals surface area contributed by atoms with Crippen LogP contribution in [0.4, 0.5) is 0 Å². The molecule has 0 heterocycles. The second-order valence-electron chi connectivity index (χ2n) is 5.72. The molecule has 0 unspecified atom stereocenters. The van der Waals surface area contributed by atoms with Gasteiger partial charge >= 0.3 is 5.97 Å². The Morgan fingerprint density at radius 2 is 1.95 bits per heavy atom. The largest absolute Gasteiger partial charge is 0.481 e. The number of allylic oxidation sites excluding steroid dienone is 2. The first kappa shape index (κ1) is 13.4. The zero-order chi connectivity index (χ0) is 14.2. The van der Waals surface area contributed by atoms with Crippen LogP contribution in [0, 0.1) is 35.5 Å². The molecule has 1 fully saturated rings. The molecule has 0 saturated heterocycles. The average molecular weight is 255 g/mol. The Labute approximate surface area is 113 Å². The van der Waals surface area contributed by atoms with Gasteiger partial charge in [-0.15, -0.1) is 0 Å². The van der Waals surface area contributed by atoms with E-state index in [4.69, 9.17) is 5.11 Å². The van der Waals surface area contributed by atoms with Crippen LogP contribution in [0.3, 0.4) is 0 Å². The number of hydrogen-bond acceptors (Lipinski definition) is 2.